The summed E-state index contributed by atoms with van der Waals surface area (Å²) in [7, 11) is 1.41. The summed E-state index contributed by atoms with van der Waals surface area (Å²) in [5, 5.41) is 0. The van der Waals surface area contributed by atoms with Crippen molar-refractivity contribution in [3.8, 4) is 0 Å². The van der Waals surface area contributed by atoms with Crippen LogP contribution in [0.5, 0.6) is 0 Å². The van der Waals surface area contributed by atoms with Crippen LogP contribution in [-0.2, 0) is 14.3 Å². The zero-order chi connectivity index (χ0) is 8.72. The van der Waals surface area contributed by atoms with Crippen LogP contribution < -0.4 is 0 Å². The Bertz CT molecular complexity index is 244. The average Bonchev–Trinajstić information content (AvgIpc) is 2.79. The number of hydrogen-bond acceptors (Lipinski definition) is 3. The second kappa shape index (κ2) is 2.59. The fourth-order valence-electron chi connectivity index (χ4n) is 1.70. The van der Waals surface area contributed by atoms with Crippen LogP contribution in [0.3, 0.4) is 0 Å². The number of esters is 1. The van der Waals surface area contributed by atoms with Crippen LogP contribution in [0.1, 0.15) is 13.3 Å². The maximum Gasteiger partial charge on any atom is 0.333 e. The Morgan fingerprint density at radius 3 is 3.17 bits per heavy atom. The minimum Gasteiger partial charge on any atom is -0.466 e. The molecule has 0 aromatic rings. The number of carbonyl (C=O) groups is 1. The second-order valence-electron chi connectivity index (χ2n) is 3.39. The molecule has 3 unspecified atom stereocenters. The van der Waals surface area contributed by atoms with E-state index in [-0.39, 0.29) is 18.0 Å². The first kappa shape index (κ1) is 7.80. The molecule has 0 bridgehead atoms. The van der Waals surface area contributed by atoms with Gasteiger partial charge in [-0.1, -0.05) is 6.92 Å². The highest BCUT2D eigenvalue weighted by atomic mass is 16.6. The van der Waals surface area contributed by atoms with Gasteiger partial charge in [0.2, 0.25) is 0 Å². The molecule has 3 heteroatoms. The standard InChI is InChI=1S/C9H12O3/c1-5-3-7-8(12-7)4-6(5)9(10)11-2/h4-5,7-8H,3H2,1-2H3. The first-order valence-corrected chi connectivity index (χ1v) is 4.18. The lowest BCUT2D eigenvalue weighted by Gasteiger charge is -2.15. The molecule has 2 aliphatic rings. The van der Waals surface area contributed by atoms with E-state index in [1.807, 2.05) is 13.0 Å². The highest BCUT2D eigenvalue weighted by Crippen LogP contribution is 2.38. The van der Waals surface area contributed by atoms with Gasteiger partial charge in [0.05, 0.1) is 13.2 Å². The molecule has 0 N–H and O–H groups in total. The predicted molar refractivity (Wildman–Crippen MR) is 42.5 cm³/mol. The van der Waals surface area contributed by atoms with Crippen LogP contribution in [0.25, 0.3) is 0 Å². The molecular weight excluding hydrogens is 156 g/mol. The van der Waals surface area contributed by atoms with Crippen LogP contribution in [0, 0.1) is 5.92 Å². The number of methoxy groups -OCH3 is 1. The zero-order valence-corrected chi connectivity index (χ0v) is 7.24. The van der Waals surface area contributed by atoms with Crippen LogP contribution >= 0.6 is 0 Å². The topological polar surface area (TPSA) is 38.8 Å². The van der Waals surface area contributed by atoms with Gasteiger partial charge < -0.3 is 9.47 Å². The molecule has 1 heterocycles. The van der Waals surface area contributed by atoms with Crippen LogP contribution in [0.4, 0.5) is 0 Å². The van der Waals surface area contributed by atoms with Gasteiger partial charge in [-0.3, -0.25) is 0 Å². The predicted octanol–water partition coefficient (Wildman–Crippen LogP) is 0.893. The molecular formula is C9H12O3. The van der Waals surface area contributed by atoms with Crippen molar-refractivity contribution in [1.29, 1.82) is 0 Å². The molecule has 1 aliphatic carbocycles. The van der Waals surface area contributed by atoms with Gasteiger partial charge in [0.15, 0.2) is 0 Å². The molecule has 12 heavy (non-hydrogen) atoms. The molecule has 3 atom stereocenters. The summed E-state index contributed by atoms with van der Waals surface area (Å²) < 4.78 is 9.95. The quantitative estimate of drug-likeness (QED) is 0.431. The number of epoxide rings is 1. The van der Waals surface area contributed by atoms with Crippen molar-refractivity contribution in [3.05, 3.63) is 11.6 Å². The van der Waals surface area contributed by atoms with E-state index in [0.717, 1.165) is 12.0 Å². The number of rotatable bonds is 1. The molecule has 66 valence electrons. The highest BCUT2D eigenvalue weighted by molar-refractivity contribution is 5.89. The maximum atomic E-state index is 11.2. The van der Waals surface area contributed by atoms with Gasteiger partial charge in [0.25, 0.3) is 0 Å². The maximum absolute atomic E-state index is 11.2. The summed E-state index contributed by atoms with van der Waals surface area (Å²) >= 11 is 0. The van der Waals surface area contributed by atoms with E-state index in [1.165, 1.54) is 7.11 Å². The van der Waals surface area contributed by atoms with Crippen molar-refractivity contribution >= 4 is 5.97 Å². The summed E-state index contributed by atoms with van der Waals surface area (Å²) in [4.78, 5) is 11.2. The summed E-state index contributed by atoms with van der Waals surface area (Å²) in [5.41, 5.74) is 0.774. The fourth-order valence-corrected chi connectivity index (χ4v) is 1.70. The number of fused-ring (bicyclic) bond motifs is 1. The first-order valence-electron chi connectivity index (χ1n) is 4.18. The van der Waals surface area contributed by atoms with Gasteiger partial charge >= 0.3 is 5.97 Å². The van der Waals surface area contributed by atoms with Gasteiger partial charge in [-0.2, -0.15) is 0 Å². The lowest BCUT2D eigenvalue weighted by Crippen LogP contribution is -2.18. The molecule has 1 fully saturated rings. The van der Waals surface area contributed by atoms with E-state index < -0.39 is 0 Å². The third-order valence-electron chi connectivity index (χ3n) is 2.50. The number of ether oxygens (including phenoxy) is 2. The van der Waals surface area contributed by atoms with E-state index >= 15 is 0 Å². The third kappa shape index (κ3) is 1.14. The molecule has 0 aromatic heterocycles. The molecule has 1 aliphatic heterocycles. The van der Waals surface area contributed by atoms with E-state index in [2.05, 4.69) is 4.74 Å². The summed E-state index contributed by atoms with van der Waals surface area (Å²) in [6.45, 7) is 2.03. The van der Waals surface area contributed by atoms with Crippen molar-refractivity contribution in [2.45, 2.75) is 25.6 Å². The molecule has 2 rings (SSSR count). The monoisotopic (exact) mass is 168 g/mol. The van der Waals surface area contributed by atoms with E-state index in [1.54, 1.807) is 0 Å². The van der Waals surface area contributed by atoms with Crippen molar-refractivity contribution in [2.75, 3.05) is 7.11 Å². The van der Waals surface area contributed by atoms with Gasteiger partial charge in [-0.25, -0.2) is 4.79 Å². The molecule has 0 saturated carbocycles. The Hall–Kier alpha value is -0.830. The Morgan fingerprint density at radius 1 is 1.75 bits per heavy atom. The van der Waals surface area contributed by atoms with Gasteiger partial charge in [0.1, 0.15) is 6.10 Å². The van der Waals surface area contributed by atoms with Crippen LogP contribution in [-0.4, -0.2) is 25.3 Å². The van der Waals surface area contributed by atoms with Crippen molar-refractivity contribution in [2.24, 2.45) is 5.92 Å². The van der Waals surface area contributed by atoms with E-state index in [4.69, 9.17) is 4.74 Å². The molecule has 1 saturated heterocycles. The molecule has 0 amide bonds. The van der Waals surface area contributed by atoms with Crippen molar-refractivity contribution in [3.63, 3.8) is 0 Å². The van der Waals surface area contributed by atoms with Crippen molar-refractivity contribution in [1.82, 2.24) is 0 Å². The molecule has 0 spiro atoms. The molecule has 0 radical (unpaired) electrons. The Kier molecular flexibility index (Phi) is 1.68. The summed E-state index contributed by atoms with van der Waals surface area (Å²) in [6, 6.07) is 0. The highest BCUT2D eigenvalue weighted by Gasteiger charge is 2.43. The van der Waals surface area contributed by atoms with Gasteiger partial charge in [-0.15, -0.1) is 0 Å². The molecule has 3 nitrogen and oxygen atoms in total. The zero-order valence-electron chi connectivity index (χ0n) is 7.24. The third-order valence-corrected chi connectivity index (χ3v) is 2.50. The molecule has 0 aromatic carbocycles. The minimum absolute atomic E-state index is 0.190. The smallest absolute Gasteiger partial charge is 0.333 e. The Morgan fingerprint density at radius 2 is 2.50 bits per heavy atom. The Labute approximate surface area is 71.3 Å². The van der Waals surface area contributed by atoms with Gasteiger partial charge in [-0.05, 0) is 18.4 Å². The SMILES string of the molecule is COC(=O)C1=CC2OC2CC1C. The minimum atomic E-state index is -0.212. The van der Waals surface area contributed by atoms with E-state index in [9.17, 15) is 4.79 Å². The summed E-state index contributed by atoms with van der Waals surface area (Å²) in [5.74, 6) is 0.0673. The van der Waals surface area contributed by atoms with Gasteiger partial charge in [0, 0.05) is 5.57 Å². The number of carbonyl (C=O) groups excluding carboxylic acids is 1. The lowest BCUT2D eigenvalue weighted by atomic mass is 9.89. The normalized spacial score (nSPS) is 38.2. The first-order chi connectivity index (χ1) is 5.72. The summed E-state index contributed by atoms with van der Waals surface area (Å²) in [6.07, 6.45) is 3.40. The van der Waals surface area contributed by atoms with Crippen molar-refractivity contribution < 1.29 is 14.3 Å². The second-order valence-corrected chi connectivity index (χ2v) is 3.39. The van der Waals surface area contributed by atoms with Crippen LogP contribution in [0.15, 0.2) is 11.6 Å². The lowest BCUT2D eigenvalue weighted by molar-refractivity contribution is -0.136. The average molecular weight is 168 g/mol. The van der Waals surface area contributed by atoms with E-state index in [0.29, 0.717) is 6.10 Å². The Balaban J connectivity index is 2.16. The number of hydrogen-bond donors (Lipinski definition) is 0. The largest absolute Gasteiger partial charge is 0.466 e. The fraction of sp³-hybridized carbons (Fsp3) is 0.667. The van der Waals surface area contributed by atoms with Crippen LogP contribution in [0.2, 0.25) is 0 Å².